The Bertz CT molecular complexity index is 1130. The summed E-state index contributed by atoms with van der Waals surface area (Å²) < 4.78 is 32.1. The normalized spacial score (nSPS) is 14.1. The summed E-state index contributed by atoms with van der Waals surface area (Å²) in [6.07, 6.45) is 1.44. The smallest absolute Gasteiger partial charge is 0.278 e. The second kappa shape index (κ2) is 7.52. The third-order valence-electron chi connectivity index (χ3n) is 4.38. The standard InChI is InChI=1S/C21H13ClF2N2O3/c22-13-5-3-12(4-6-13)18-19(25-14-7-8-16(23)17(24)10-14)21(28)26(20(18)27)11-15-2-1-9-29-15/h1-10,25H,11H2. The van der Waals surface area contributed by atoms with Crippen molar-refractivity contribution in [2.75, 3.05) is 5.32 Å². The van der Waals surface area contributed by atoms with Gasteiger partial charge in [-0.3, -0.25) is 14.5 Å². The number of anilines is 1. The van der Waals surface area contributed by atoms with Crippen molar-refractivity contribution >= 4 is 34.7 Å². The van der Waals surface area contributed by atoms with Crippen molar-refractivity contribution < 1.29 is 22.8 Å². The lowest BCUT2D eigenvalue weighted by Crippen LogP contribution is -2.31. The molecule has 0 unspecified atom stereocenters. The summed E-state index contributed by atoms with van der Waals surface area (Å²) >= 11 is 5.92. The number of hydrogen-bond acceptors (Lipinski definition) is 4. The van der Waals surface area contributed by atoms with Crippen LogP contribution in [0.25, 0.3) is 5.57 Å². The van der Waals surface area contributed by atoms with Gasteiger partial charge in [-0.05, 0) is 42.0 Å². The van der Waals surface area contributed by atoms with Gasteiger partial charge in [0, 0.05) is 16.8 Å². The maximum Gasteiger partial charge on any atom is 0.278 e. The molecule has 2 heterocycles. The van der Waals surface area contributed by atoms with E-state index < -0.39 is 23.4 Å². The summed E-state index contributed by atoms with van der Waals surface area (Å²) in [5.74, 6) is -2.82. The van der Waals surface area contributed by atoms with Gasteiger partial charge in [-0.1, -0.05) is 23.7 Å². The Hall–Kier alpha value is -3.45. The van der Waals surface area contributed by atoms with Gasteiger partial charge >= 0.3 is 0 Å². The predicted octanol–water partition coefficient (Wildman–Crippen LogP) is 4.60. The Morgan fingerprint density at radius 1 is 0.966 bits per heavy atom. The van der Waals surface area contributed by atoms with Crippen LogP contribution in [0.4, 0.5) is 14.5 Å². The van der Waals surface area contributed by atoms with Gasteiger partial charge in [-0.15, -0.1) is 0 Å². The Kier molecular flexibility index (Phi) is 4.90. The van der Waals surface area contributed by atoms with E-state index in [1.54, 1.807) is 36.4 Å². The molecule has 1 aliphatic heterocycles. The minimum atomic E-state index is -1.08. The minimum absolute atomic E-state index is 0.0464. The van der Waals surface area contributed by atoms with Crippen LogP contribution in [0.1, 0.15) is 11.3 Å². The van der Waals surface area contributed by atoms with Crippen molar-refractivity contribution in [3.05, 3.63) is 94.5 Å². The highest BCUT2D eigenvalue weighted by molar-refractivity contribution is 6.36. The molecule has 1 aromatic heterocycles. The average molecular weight is 415 g/mol. The van der Waals surface area contributed by atoms with E-state index in [0.717, 1.165) is 17.0 Å². The highest BCUT2D eigenvalue weighted by atomic mass is 35.5. The number of benzene rings is 2. The number of carbonyl (C=O) groups is 2. The number of amides is 2. The fourth-order valence-electron chi connectivity index (χ4n) is 3.00. The van der Waals surface area contributed by atoms with E-state index in [-0.39, 0.29) is 23.5 Å². The first-order chi connectivity index (χ1) is 13.9. The Morgan fingerprint density at radius 2 is 1.72 bits per heavy atom. The van der Waals surface area contributed by atoms with E-state index in [2.05, 4.69) is 5.32 Å². The van der Waals surface area contributed by atoms with Gasteiger partial charge in [0.05, 0.1) is 18.4 Å². The zero-order chi connectivity index (χ0) is 20.5. The van der Waals surface area contributed by atoms with Crippen LogP contribution in [0.2, 0.25) is 5.02 Å². The number of nitrogens with zero attached hydrogens (tertiary/aromatic N) is 1. The van der Waals surface area contributed by atoms with Gasteiger partial charge in [0.25, 0.3) is 11.8 Å². The third kappa shape index (κ3) is 3.64. The lowest BCUT2D eigenvalue weighted by Gasteiger charge is -2.13. The number of hydrogen-bond donors (Lipinski definition) is 1. The number of carbonyl (C=O) groups excluding carboxylic acids is 2. The largest absolute Gasteiger partial charge is 0.467 e. The van der Waals surface area contributed by atoms with E-state index in [0.29, 0.717) is 16.3 Å². The van der Waals surface area contributed by atoms with Crippen LogP contribution in [-0.4, -0.2) is 16.7 Å². The van der Waals surface area contributed by atoms with E-state index in [1.807, 2.05) is 0 Å². The monoisotopic (exact) mass is 414 g/mol. The molecule has 0 atom stereocenters. The van der Waals surface area contributed by atoms with Crippen LogP contribution in [0.3, 0.4) is 0 Å². The number of imide groups is 1. The van der Waals surface area contributed by atoms with Crippen molar-refractivity contribution in [2.24, 2.45) is 0 Å². The van der Waals surface area contributed by atoms with Gasteiger partial charge in [-0.25, -0.2) is 8.78 Å². The minimum Gasteiger partial charge on any atom is -0.467 e. The maximum atomic E-state index is 13.6. The first kappa shape index (κ1) is 18.9. The van der Waals surface area contributed by atoms with Gasteiger partial charge in [0.2, 0.25) is 0 Å². The lowest BCUT2D eigenvalue weighted by molar-refractivity contribution is -0.137. The summed E-state index contributed by atoms with van der Waals surface area (Å²) in [6, 6.07) is 12.8. The first-order valence-electron chi connectivity index (χ1n) is 8.55. The zero-order valence-electron chi connectivity index (χ0n) is 14.8. The van der Waals surface area contributed by atoms with Gasteiger partial charge in [-0.2, -0.15) is 0 Å². The molecule has 0 fully saturated rings. The molecular formula is C21H13ClF2N2O3. The Labute approximate surface area is 169 Å². The number of rotatable bonds is 5. The van der Waals surface area contributed by atoms with Crippen LogP contribution in [0, 0.1) is 11.6 Å². The third-order valence-corrected chi connectivity index (χ3v) is 4.64. The molecule has 5 nitrogen and oxygen atoms in total. The molecule has 0 saturated heterocycles. The Morgan fingerprint density at radius 3 is 2.38 bits per heavy atom. The molecule has 3 aromatic rings. The molecule has 4 rings (SSSR count). The van der Waals surface area contributed by atoms with Crippen molar-refractivity contribution in [3.63, 3.8) is 0 Å². The topological polar surface area (TPSA) is 62.6 Å². The quantitative estimate of drug-likeness (QED) is 0.620. The molecule has 146 valence electrons. The second-order valence-electron chi connectivity index (χ2n) is 6.29. The van der Waals surface area contributed by atoms with Gasteiger partial charge in [0.1, 0.15) is 11.5 Å². The summed E-state index contributed by atoms with van der Waals surface area (Å²) in [6.45, 7) is -0.0648. The van der Waals surface area contributed by atoms with Crippen LogP contribution in [0.15, 0.2) is 71.0 Å². The van der Waals surface area contributed by atoms with Crippen LogP contribution in [0.5, 0.6) is 0 Å². The van der Waals surface area contributed by atoms with Gasteiger partial charge in [0.15, 0.2) is 11.6 Å². The molecule has 2 aromatic carbocycles. The van der Waals surface area contributed by atoms with E-state index in [1.165, 1.54) is 12.3 Å². The molecule has 0 radical (unpaired) electrons. The molecule has 0 aliphatic carbocycles. The molecule has 29 heavy (non-hydrogen) atoms. The van der Waals surface area contributed by atoms with Crippen molar-refractivity contribution in [1.29, 1.82) is 0 Å². The summed E-state index contributed by atoms with van der Waals surface area (Å²) in [4.78, 5) is 27.1. The molecule has 8 heteroatoms. The summed E-state index contributed by atoms with van der Waals surface area (Å²) in [5, 5.41) is 3.23. The lowest BCUT2D eigenvalue weighted by atomic mass is 10.0. The van der Waals surface area contributed by atoms with E-state index >= 15 is 0 Å². The second-order valence-corrected chi connectivity index (χ2v) is 6.72. The highest BCUT2D eigenvalue weighted by Gasteiger charge is 2.39. The van der Waals surface area contributed by atoms with Crippen LogP contribution in [-0.2, 0) is 16.1 Å². The van der Waals surface area contributed by atoms with Crippen LogP contribution < -0.4 is 5.32 Å². The summed E-state index contributed by atoms with van der Waals surface area (Å²) in [7, 11) is 0. The summed E-state index contributed by atoms with van der Waals surface area (Å²) in [5.41, 5.74) is 0.643. The van der Waals surface area contributed by atoms with Gasteiger partial charge < -0.3 is 9.73 Å². The molecule has 0 bridgehead atoms. The number of furan rings is 1. The molecular weight excluding hydrogens is 402 g/mol. The van der Waals surface area contributed by atoms with E-state index in [9.17, 15) is 18.4 Å². The molecule has 1 N–H and O–H groups in total. The molecule has 0 spiro atoms. The van der Waals surface area contributed by atoms with Crippen LogP contribution >= 0.6 is 11.6 Å². The maximum absolute atomic E-state index is 13.6. The molecule has 1 aliphatic rings. The number of halogens is 3. The first-order valence-corrected chi connectivity index (χ1v) is 8.92. The van der Waals surface area contributed by atoms with Crippen molar-refractivity contribution in [1.82, 2.24) is 4.90 Å². The Balaban J connectivity index is 1.76. The SMILES string of the molecule is O=C1C(Nc2ccc(F)c(F)c2)=C(c2ccc(Cl)cc2)C(=O)N1Cc1ccco1. The fourth-order valence-corrected chi connectivity index (χ4v) is 3.12. The van der Waals surface area contributed by atoms with Crippen molar-refractivity contribution in [3.8, 4) is 0 Å². The van der Waals surface area contributed by atoms with E-state index in [4.69, 9.17) is 16.0 Å². The molecule has 0 saturated carbocycles. The average Bonchev–Trinajstić information content (AvgIpc) is 3.29. The fraction of sp³-hybridized carbons (Fsp3) is 0.0476. The predicted molar refractivity (Wildman–Crippen MR) is 103 cm³/mol. The molecule has 2 amide bonds. The number of nitrogens with one attached hydrogen (secondary N) is 1. The highest BCUT2D eigenvalue weighted by Crippen LogP contribution is 2.32. The van der Waals surface area contributed by atoms with Crippen molar-refractivity contribution in [2.45, 2.75) is 6.54 Å². The zero-order valence-corrected chi connectivity index (χ0v) is 15.5.